The van der Waals surface area contributed by atoms with Gasteiger partial charge < -0.3 is 19.7 Å². The molecule has 1 amide bonds. The maximum atomic E-state index is 13.1. The van der Waals surface area contributed by atoms with Crippen molar-refractivity contribution in [2.75, 3.05) is 27.3 Å². The largest absolute Gasteiger partial charge is 0.497 e. The van der Waals surface area contributed by atoms with Crippen molar-refractivity contribution in [3.05, 3.63) is 70.9 Å². The van der Waals surface area contributed by atoms with E-state index in [4.69, 9.17) is 9.47 Å². The molecule has 2 aliphatic heterocycles. The lowest BCUT2D eigenvalue weighted by Gasteiger charge is -2.40. The summed E-state index contributed by atoms with van der Waals surface area (Å²) in [6, 6.07) is 14.8. The molecular weight excluding hydrogens is 344 g/mol. The average molecular weight is 364 g/mol. The molecule has 2 aromatic carbocycles. The molecule has 0 aromatic heterocycles. The van der Waals surface area contributed by atoms with Gasteiger partial charge in [0.2, 0.25) is 0 Å². The Morgan fingerprint density at radius 2 is 1.85 bits per heavy atom. The number of fused-ring (bicyclic) bond motifs is 2. The Morgan fingerprint density at radius 3 is 2.56 bits per heavy atom. The van der Waals surface area contributed by atoms with E-state index in [9.17, 15) is 9.59 Å². The minimum atomic E-state index is -0.659. The highest BCUT2D eigenvalue weighted by molar-refractivity contribution is 6.04. The normalized spacial score (nSPS) is 18.4. The van der Waals surface area contributed by atoms with Crippen molar-refractivity contribution >= 4 is 17.6 Å². The predicted molar refractivity (Wildman–Crippen MR) is 100 cm³/mol. The number of rotatable bonds is 3. The topological polar surface area (TPSA) is 67.9 Å². The molecule has 0 saturated carbocycles. The van der Waals surface area contributed by atoms with E-state index in [-0.39, 0.29) is 11.9 Å². The van der Waals surface area contributed by atoms with Crippen molar-refractivity contribution in [3.63, 3.8) is 0 Å². The molecule has 2 heterocycles. The fourth-order valence-electron chi connectivity index (χ4n) is 3.75. The van der Waals surface area contributed by atoms with E-state index >= 15 is 0 Å². The van der Waals surface area contributed by atoms with Gasteiger partial charge in [0.25, 0.3) is 5.91 Å². The third-order valence-electron chi connectivity index (χ3n) is 5.02. The molecule has 0 bridgehead atoms. The third kappa shape index (κ3) is 2.73. The molecule has 27 heavy (non-hydrogen) atoms. The molecule has 0 aliphatic carbocycles. The molecule has 2 aromatic rings. The number of carbonyl (C=O) groups is 2. The third-order valence-corrected chi connectivity index (χ3v) is 5.02. The van der Waals surface area contributed by atoms with Gasteiger partial charge in [-0.2, -0.15) is 0 Å². The van der Waals surface area contributed by atoms with Crippen molar-refractivity contribution in [1.82, 2.24) is 10.2 Å². The molecular formula is C21H20N2O4. The summed E-state index contributed by atoms with van der Waals surface area (Å²) >= 11 is 0. The number of nitrogens with one attached hydrogen (secondary N) is 1. The van der Waals surface area contributed by atoms with Crippen LogP contribution in [0.25, 0.3) is 5.70 Å². The van der Waals surface area contributed by atoms with Crippen LogP contribution in [0.1, 0.15) is 27.4 Å². The zero-order valence-electron chi connectivity index (χ0n) is 15.2. The van der Waals surface area contributed by atoms with Crippen molar-refractivity contribution in [2.45, 2.75) is 5.92 Å². The second kappa shape index (κ2) is 6.79. The van der Waals surface area contributed by atoms with Crippen LogP contribution in [0.3, 0.4) is 0 Å². The van der Waals surface area contributed by atoms with Crippen LogP contribution in [0, 0.1) is 0 Å². The molecule has 1 unspecified atom stereocenters. The minimum Gasteiger partial charge on any atom is -0.497 e. The van der Waals surface area contributed by atoms with Crippen LogP contribution in [-0.4, -0.2) is 44.1 Å². The number of esters is 1. The van der Waals surface area contributed by atoms with Gasteiger partial charge in [-0.05, 0) is 41.5 Å². The first-order valence-electron chi connectivity index (χ1n) is 8.76. The molecule has 0 spiro atoms. The second-order valence-corrected chi connectivity index (χ2v) is 6.42. The highest BCUT2D eigenvalue weighted by atomic mass is 16.5. The highest BCUT2D eigenvalue weighted by Gasteiger charge is 2.43. The Labute approximate surface area is 157 Å². The summed E-state index contributed by atoms with van der Waals surface area (Å²) in [7, 11) is 2.98. The van der Waals surface area contributed by atoms with E-state index in [0.717, 1.165) is 17.0 Å². The number of ether oxygens (including phenoxy) is 2. The summed E-state index contributed by atoms with van der Waals surface area (Å²) in [6.07, 6.45) is 0. The van der Waals surface area contributed by atoms with Gasteiger partial charge in [-0.3, -0.25) is 9.59 Å². The molecule has 6 nitrogen and oxygen atoms in total. The molecule has 6 heteroatoms. The first-order valence-corrected chi connectivity index (χ1v) is 8.76. The first kappa shape index (κ1) is 17.1. The molecule has 1 N–H and O–H groups in total. The van der Waals surface area contributed by atoms with Gasteiger partial charge in [0.05, 0.1) is 25.6 Å². The van der Waals surface area contributed by atoms with Crippen molar-refractivity contribution in [3.8, 4) is 5.75 Å². The number of amides is 1. The zero-order valence-corrected chi connectivity index (χ0v) is 15.2. The average Bonchev–Trinajstić information content (AvgIpc) is 2.73. The summed E-state index contributed by atoms with van der Waals surface area (Å²) < 4.78 is 10.3. The zero-order chi connectivity index (χ0) is 19.0. The van der Waals surface area contributed by atoms with Crippen LogP contribution in [0.5, 0.6) is 5.75 Å². The van der Waals surface area contributed by atoms with E-state index < -0.39 is 5.92 Å². The Balaban J connectivity index is 1.94. The van der Waals surface area contributed by atoms with E-state index in [0.29, 0.717) is 29.9 Å². The van der Waals surface area contributed by atoms with Gasteiger partial charge in [-0.1, -0.05) is 18.2 Å². The fraction of sp³-hybridized carbons (Fsp3) is 0.238. The molecule has 0 fully saturated rings. The lowest BCUT2D eigenvalue weighted by Crippen LogP contribution is -2.48. The number of hydrogen-bond donors (Lipinski definition) is 1. The Kier molecular flexibility index (Phi) is 4.32. The lowest BCUT2D eigenvalue weighted by atomic mass is 9.83. The standard InChI is InChI=1S/C21H20N2O4/c1-26-14-9-7-13(8-10-14)18-19-17(21(25)27-2)15-5-3-4-6-16(15)20(24)23(19)12-11-22-18/h3-10,17,22H,11-12H2,1-2H3. The molecule has 0 radical (unpaired) electrons. The van der Waals surface area contributed by atoms with Crippen LogP contribution in [0.4, 0.5) is 0 Å². The van der Waals surface area contributed by atoms with Crippen LogP contribution >= 0.6 is 0 Å². The van der Waals surface area contributed by atoms with Gasteiger partial charge in [0.15, 0.2) is 0 Å². The van der Waals surface area contributed by atoms with Crippen molar-refractivity contribution in [1.29, 1.82) is 0 Å². The van der Waals surface area contributed by atoms with E-state index in [1.807, 2.05) is 42.5 Å². The van der Waals surface area contributed by atoms with Gasteiger partial charge >= 0.3 is 5.97 Å². The molecule has 138 valence electrons. The number of hydrogen-bond acceptors (Lipinski definition) is 5. The van der Waals surface area contributed by atoms with Crippen molar-refractivity contribution < 1.29 is 19.1 Å². The molecule has 0 saturated heterocycles. The Morgan fingerprint density at radius 1 is 1.11 bits per heavy atom. The fourth-order valence-corrected chi connectivity index (χ4v) is 3.75. The molecule has 4 rings (SSSR count). The number of nitrogens with zero attached hydrogens (tertiary/aromatic N) is 1. The minimum absolute atomic E-state index is 0.0896. The smallest absolute Gasteiger partial charge is 0.319 e. The van der Waals surface area contributed by atoms with Crippen LogP contribution < -0.4 is 10.1 Å². The summed E-state index contributed by atoms with van der Waals surface area (Å²) in [5, 5.41) is 3.37. The van der Waals surface area contributed by atoms with E-state index in [1.165, 1.54) is 7.11 Å². The lowest BCUT2D eigenvalue weighted by molar-refractivity contribution is -0.141. The summed E-state index contributed by atoms with van der Waals surface area (Å²) in [5.74, 6) is -0.390. The number of benzene rings is 2. The van der Waals surface area contributed by atoms with Gasteiger partial charge in [0, 0.05) is 18.7 Å². The van der Waals surface area contributed by atoms with Gasteiger partial charge in [-0.25, -0.2) is 0 Å². The number of carbonyl (C=O) groups excluding carboxylic acids is 2. The Hall–Kier alpha value is -3.28. The van der Waals surface area contributed by atoms with Crippen LogP contribution in [-0.2, 0) is 9.53 Å². The van der Waals surface area contributed by atoms with Crippen molar-refractivity contribution in [2.24, 2.45) is 0 Å². The maximum Gasteiger partial charge on any atom is 0.319 e. The number of methoxy groups -OCH3 is 2. The summed E-state index contributed by atoms with van der Waals surface area (Å²) in [6.45, 7) is 1.10. The van der Waals surface area contributed by atoms with E-state index in [2.05, 4.69) is 5.32 Å². The maximum absolute atomic E-state index is 13.1. The van der Waals surface area contributed by atoms with E-state index in [1.54, 1.807) is 18.1 Å². The highest BCUT2D eigenvalue weighted by Crippen LogP contribution is 2.41. The second-order valence-electron chi connectivity index (χ2n) is 6.42. The first-order chi connectivity index (χ1) is 13.2. The summed E-state index contributed by atoms with van der Waals surface area (Å²) in [4.78, 5) is 27.5. The predicted octanol–water partition coefficient (Wildman–Crippen LogP) is 2.38. The molecule has 2 aliphatic rings. The van der Waals surface area contributed by atoms with Gasteiger partial charge in [0.1, 0.15) is 11.7 Å². The summed E-state index contributed by atoms with van der Waals surface area (Å²) in [5.41, 5.74) is 3.52. The quantitative estimate of drug-likeness (QED) is 0.847. The van der Waals surface area contributed by atoms with Gasteiger partial charge in [-0.15, -0.1) is 0 Å². The Bertz CT molecular complexity index is 933. The SMILES string of the molecule is COC(=O)C1C2=C(c3ccc(OC)cc3)NCCN2C(=O)c2ccccc21. The molecule has 1 atom stereocenters. The van der Waals surface area contributed by atoms with Crippen LogP contribution in [0.2, 0.25) is 0 Å². The van der Waals surface area contributed by atoms with Crippen LogP contribution in [0.15, 0.2) is 54.2 Å². The monoisotopic (exact) mass is 364 g/mol.